The number of aliphatic hydroxyl groups excluding tert-OH is 1. The second kappa shape index (κ2) is 4.11. The predicted octanol–water partition coefficient (Wildman–Crippen LogP) is 2.46. The van der Waals surface area contributed by atoms with Crippen molar-refractivity contribution in [1.82, 2.24) is 4.98 Å². The fourth-order valence-electron chi connectivity index (χ4n) is 0.963. The molecule has 1 aromatic heterocycles. The molecule has 0 atom stereocenters. The van der Waals surface area contributed by atoms with E-state index in [0.717, 1.165) is 10.5 Å². The standard InChI is InChI=1S/C10H15NOS/c1-10(2,3)13-9-4-5-11-6-8(9)7-12/h4-6,12H,7H2,1-3H3. The van der Waals surface area contributed by atoms with Gasteiger partial charge in [-0.3, -0.25) is 4.98 Å². The summed E-state index contributed by atoms with van der Waals surface area (Å²) >= 11 is 1.75. The molecule has 0 amide bonds. The van der Waals surface area contributed by atoms with Gasteiger partial charge in [-0.2, -0.15) is 0 Å². The zero-order valence-electron chi connectivity index (χ0n) is 8.24. The molecule has 2 nitrogen and oxygen atoms in total. The van der Waals surface area contributed by atoms with Crippen molar-refractivity contribution in [3.8, 4) is 0 Å². The number of hydrogen-bond donors (Lipinski definition) is 1. The zero-order chi connectivity index (χ0) is 9.90. The van der Waals surface area contributed by atoms with E-state index >= 15 is 0 Å². The van der Waals surface area contributed by atoms with Crippen LogP contribution in [0, 0.1) is 0 Å². The Morgan fingerprint density at radius 2 is 2.15 bits per heavy atom. The smallest absolute Gasteiger partial charge is 0.0707 e. The summed E-state index contributed by atoms with van der Waals surface area (Å²) in [5.41, 5.74) is 0.905. The zero-order valence-corrected chi connectivity index (χ0v) is 9.06. The third-order valence-corrected chi connectivity index (χ3v) is 2.68. The Balaban J connectivity index is 2.87. The van der Waals surface area contributed by atoms with E-state index < -0.39 is 0 Å². The summed E-state index contributed by atoms with van der Waals surface area (Å²) in [7, 11) is 0. The summed E-state index contributed by atoms with van der Waals surface area (Å²) in [5.74, 6) is 0. The van der Waals surface area contributed by atoms with Crippen LogP contribution in [0.15, 0.2) is 23.4 Å². The normalized spacial score (nSPS) is 11.7. The van der Waals surface area contributed by atoms with Crippen LogP contribution in [0.1, 0.15) is 26.3 Å². The van der Waals surface area contributed by atoms with E-state index in [1.165, 1.54) is 0 Å². The molecule has 1 rings (SSSR count). The van der Waals surface area contributed by atoms with Crippen LogP contribution in [0.3, 0.4) is 0 Å². The second-order valence-electron chi connectivity index (χ2n) is 3.86. The van der Waals surface area contributed by atoms with Gasteiger partial charge in [-0.05, 0) is 6.07 Å². The first-order valence-electron chi connectivity index (χ1n) is 4.26. The van der Waals surface area contributed by atoms with Crippen LogP contribution in [0.2, 0.25) is 0 Å². The van der Waals surface area contributed by atoms with Crippen LogP contribution in [-0.2, 0) is 6.61 Å². The van der Waals surface area contributed by atoms with Crippen LogP contribution < -0.4 is 0 Å². The molecule has 0 radical (unpaired) electrons. The van der Waals surface area contributed by atoms with Crippen molar-refractivity contribution in [2.24, 2.45) is 0 Å². The fraction of sp³-hybridized carbons (Fsp3) is 0.500. The van der Waals surface area contributed by atoms with Crippen molar-refractivity contribution >= 4 is 11.8 Å². The minimum absolute atomic E-state index is 0.0618. The number of thioether (sulfide) groups is 1. The lowest BCUT2D eigenvalue weighted by Crippen LogP contribution is -2.07. The molecule has 0 saturated heterocycles. The molecule has 0 aliphatic heterocycles. The van der Waals surface area contributed by atoms with E-state index in [1.807, 2.05) is 6.07 Å². The van der Waals surface area contributed by atoms with Gasteiger partial charge >= 0.3 is 0 Å². The van der Waals surface area contributed by atoms with Gasteiger partial charge in [0.15, 0.2) is 0 Å². The molecule has 72 valence electrons. The molecule has 1 heterocycles. The fourth-order valence-corrected chi connectivity index (χ4v) is 2.00. The molecule has 0 aliphatic rings. The lowest BCUT2D eigenvalue weighted by molar-refractivity contribution is 0.278. The average molecular weight is 197 g/mol. The first-order valence-corrected chi connectivity index (χ1v) is 5.07. The van der Waals surface area contributed by atoms with Crippen LogP contribution >= 0.6 is 11.8 Å². The van der Waals surface area contributed by atoms with E-state index in [1.54, 1.807) is 24.2 Å². The molecular weight excluding hydrogens is 182 g/mol. The van der Waals surface area contributed by atoms with Gasteiger partial charge in [-0.25, -0.2) is 0 Å². The molecule has 0 aliphatic carbocycles. The molecule has 1 N–H and O–H groups in total. The van der Waals surface area contributed by atoms with Gasteiger partial charge in [-0.1, -0.05) is 20.8 Å². The highest BCUT2D eigenvalue weighted by Crippen LogP contribution is 2.33. The van der Waals surface area contributed by atoms with Gasteiger partial charge in [0.25, 0.3) is 0 Å². The molecule has 0 spiro atoms. The van der Waals surface area contributed by atoms with Crippen molar-refractivity contribution in [2.45, 2.75) is 37.0 Å². The summed E-state index contributed by atoms with van der Waals surface area (Å²) in [6.07, 6.45) is 3.47. The summed E-state index contributed by atoms with van der Waals surface area (Å²) in [4.78, 5) is 5.09. The molecule has 1 aromatic rings. The number of aliphatic hydroxyl groups is 1. The van der Waals surface area contributed by atoms with Crippen molar-refractivity contribution < 1.29 is 5.11 Å². The topological polar surface area (TPSA) is 33.1 Å². The van der Waals surface area contributed by atoms with Gasteiger partial charge in [0.05, 0.1) is 6.61 Å². The van der Waals surface area contributed by atoms with Crippen LogP contribution in [-0.4, -0.2) is 14.8 Å². The Kier molecular flexibility index (Phi) is 3.33. The third-order valence-electron chi connectivity index (χ3n) is 1.45. The maximum absolute atomic E-state index is 9.06. The van der Waals surface area contributed by atoms with Crippen molar-refractivity contribution in [1.29, 1.82) is 0 Å². The number of pyridine rings is 1. The third kappa shape index (κ3) is 3.36. The lowest BCUT2D eigenvalue weighted by atomic mass is 10.3. The summed E-state index contributed by atoms with van der Waals surface area (Å²) < 4.78 is 0.172. The molecule has 3 heteroatoms. The predicted molar refractivity (Wildman–Crippen MR) is 55.8 cm³/mol. The number of aromatic nitrogens is 1. The Morgan fingerprint density at radius 3 is 2.69 bits per heavy atom. The van der Waals surface area contributed by atoms with Gasteiger partial charge in [0, 0.05) is 27.6 Å². The van der Waals surface area contributed by atoms with E-state index in [0.29, 0.717) is 0 Å². The lowest BCUT2D eigenvalue weighted by Gasteiger charge is -2.18. The van der Waals surface area contributed by atoms with Gasteiger partial charge in [0.2, 0.25) is 0 Å². The molecule has 13 heavy (non-hydrogen) atoms. The van der Waals surface area contributed by atoms with E-state index in [2.05, 4.69) is 25.8 Å². The minimum atomic E-state index is 0.0618. The largest absolute Gasteiger partial charge is 0.392 e. The Hall–Kier alpha value is -0.540. The summed E-state index contributed by atoms with van der Waals surface area (Å²) in [6, 6.07) is 1.95. The van der Waals surface area contributed by atoms with E-state index in [9.17, 15) is 0 Å². The van der Waals surface area contributed by atoms with Crippen molar-refractivity contribution in [2.75, 3.05) is 0 Å². The van der Waals surface area contributed by atoms with Crippen LogP contribution in [0.4, 0.5) is 0 Å². The first-order chi connectivity index (χ1) is 6.03. The average Bonchev–Trinajstić information content (AvgIpc) is 2.02. The van der Waals surface area contributed by atoms with Crippen molar-refractivity contribution in [3.63, 3.8) is 0 Å². The molecule has 0 aromatic carbocycles. The van der Waals surface area contributed by atoms with Gasteiger partial charge in [0.1, 0.15) is 0 Å². The Bertz CT molecular complexity index is 280. The van der Waals surface area contributed by atoms with Crippen molar-refractivity contribution in [3.05, 3.63) is 24.0 Å². The number of rotatable bonds is 2. The quantitative estimate of drug-likeness (QED) is 0.739. The highest BCUT2D eigenvalue weighted by Gasteiger charge is 2.14. The first kappa shape index (κ1) is 10.5. The van der Waals surface area contributed by atoms with E-state index in [-0.39, 0.29) is 11.4 Å². The molecular formula is C10H15NOS. The SMILES string of the molecule is CC(C)(C)Sc1ccncc1CO. The van der Waals surface area contributed by atoms with Crippen LogP contribution in [0.5, 0.6) is 0 Å². The number of hydrogen-bond acceptors (Lipinski definition) is 3. The maximum atomic E-state index is 9.06. The second-order valence-corrected chi connectivity index (χ2v) is 5.72. The van der Waals surface area contributed by atoms with Gasteiger partial charge in [-0.15, -0.1) is 11.8 Å². The monoisotopic (exact) mass is 197 g/mol. The van der Waals surface area contributed by atoms with E-state index in [4.69, 9.17) is 5.11 Å². The summed E-state index contributed by atoms with van der Waals surface area (Å²) in [5, 5.41) is 9.06. The Morgan fingerprint density at radius 1 is 1.46 bits per heavy atom. The maximum Gasteiger partial charge on any atom is 0.0707 e. The summed E-state index contributed by atoms with van der Waals surface area (Å²) in [6.45, 7) is 6.52. The molecule has 0 saturated carbocycles. The highest BCUT2D eigenvalue weighted by molar-refractivity contribution is 8.00. The molecule has 0 unspecified atom stereocenters. The van der Waals surface area contributed by atoms with Crippen LogP contribution in [0.25, 0.3) is 0 Å². The highest BCUT2D eigenvalue weighted by atomic mass is 32.2. The Labute approximate surface area is 83.4 Å². The molecule has 0 bridgehead atoms. The van der Waals surface area contributed by atoms with Gasteiger partial charge < -0.3 is 5.11 Å². The molecule has 0 fully saturated rings. The minimum Gasteiger partial charge on any atom is -0.392 e. The number of nitrogens with zero attached hydrogens (tertiary/aromatic N) is 1.